The molecule has 0 radical (unpaired) electrons. The number of carbonyl (C=O) groups is 2. The van der Waals surface area contributed by atoms with Gasteiger partial charge in [-0.25, -0.2) is 0 Å². The van der Waals surface area contributed by atoms with Crippen molar-refractivity contribution in [3.05, 3.63) is 35.1 Å². The van der Waals surface area contributed by atoms with Gasteiger partial charge >= 0.3 is 0 Å². The molecule has 5 nitrogen and oxygen atoms in total. The Labute approximate surface area is 147 Å². The first-order chi connectivity index (χ1) is 12.0. The van der Waals surface area contributed by atoms with E-state index >= 15 is 0 Å². The summed E-state index contributed by atoms with van der Waals surface area (Å²) in [6.45, 7) is 7.21. The molecule has 1 amide bonds. The van der Waals surface area contributed by atoms with E-state index in [-0.39, 0.29) is 11.7 Å². The number of carbonyl (C=O) groups excluding carboxylic acids is 2. The molecular formula is C20H24N2O3. The van der Waals surface area contributed by atoms with E-state index in [0.29, 0.717) is 24.0 Å². The summed E-state index contributed by atoms with van der Waals surface area (Å²) in [5.74, 6) is 1.81. The molecule has 0 spiro atoms. The summed E-state index contributed by atoms with van der Waals surface area (Å²) in [5, 5.41) is 4.37. The molecule has 0 aliphatic carbocycles. The number of ketones is 1. The van der Waals surface area contributed by atoms with Gasteiger partial charge in [0, 0.05) is 43.5 Å². The van der Waals surface area contributed by atoms with E-state index in [1.165, 1.54) is 0 Å². The molecule has 132 valence electrons. The molecule has 2 aliphatic rings. The van der Waals surface area contributed by atoms with Crippen LogP contribution < -0.4 is 5.32 Å². The zero-order chi connectivity index (χ0) is 17.6. The molecule has 5 heteroatoms. The molecule has 2 aliphatic heterocycles. The number of Topliss-reactive ketones (excluding diaryl/α,β-unsaturated/α-hetero) is 1. The van der Waals surface area contributed by atoms with Crippen LogP contribution in [0, 0.1) is 18.8 Å². The summed E-state index contributed by atoms with van der Waals surface area (Å²) < 4.78 is 5.90. The first-order valence-corrected chi connectivity index (χ1v) is 9.04. The van der Waals surface area contributed by atoms with Gasteiger partial charge in [-0.3, -0.25) is 4.79 Å². The van der Waals surface area contributed by atoms with Crippen molar-refractivity contribution in [2.45, 2.75) is 26.7 Å². The van der Waals surface area contributed by atoms with Crippen LogP contribution in [0.15, 0.2) is 22.6 Å². The summed E-state index contributed by atoms with van der Waals surface area (Å²) >= 11 is 0. The van der Waals surface area contributed by atoms with Crippen LogP contribution in [0.2, 0.25) is 0 Å². The molecule has 2 aromatic rings. The molecule has 1 aromatic heterocycles. The van der Waals surface area contributed by atoms with Crippen molar-refractivity contribution in [3.63, 3.8) is 0 Å². The summed E-state index contributed by atoms with van der Waals surface area (Å²) in [6, 6.07) is 5.95. The van der Waals surface area contributed by atoms with E-state index in [9.17, 15) is 9.59 Å². The van der Waals surface area contributed by atoms with E-state index in [0.717, 1.165) is 54.7 Å². The smallest absolute Gasteiger partial charge is 0.289 e. The van der Waals surface area contributed by atoms with E-state index in [2.05, 4.69) is 11.4 Å². The van der Waals surface area contributed by atoms with Gasteiger partial charge < -0.3 is 19.4 Å². The van der Waals surface area contributed by atoms with Crippen molar-refractivity contribution in [1.29, 1.82) is 0 Å². The van der Waals surface area contributed by atoms with E-state index in [1.54, 1.807) is 6.92 Å². The van der Waals surface area contributed by atoms with Gasteiger partial charge in [0.05, 0.1) is 0 Å². The average Bonchev–Trinajstić information content (AvgIpc) is 3.26. The minimum Gasteiger partial charge on any atom is -0.451 e. The number of aryl methyl sites for hydroxylation is 2. The van der Waals surface area contributed by atoms with Crippen LogP contribution in [0.25, 0.3) is 11.0 Å². The lowest BCUT2D eigenvalue weighted by Gasteiger charge is -2.16. The van der Waals surface area contributed by atoms with Crippen LogP contribution >= 0.6 is 0 Å². The topological polar surface area (TPSA) is 62.6 Å². The average molecular weight is 340 g/mol. The number of hydrogen-bond donors (Lipinski definition) is 1. The second kappa shape index (κ2) is 6.30. The number of amides is 1. The Balaban J connectivity index is 1.58. The maximum atomic E-state index is 12.9. The van der Waals surface area contributed by atoms with Crippen LogP contribution in [0.1, 0.15) is 35.0 Å². The van der Waals surface area contributed by atoms with Crippen LogP contribution in [-0.4, -0.2) is 42.8 Å². The summed E-state index contributed by atoms with van der Waals surface area (Å²) in [7, 11) is 0. The van der Waals surface area contributed by atoms with Crippen LogP contribution in [0.3, 0.4) is 0 Å². The van der Waals surface area contributed by atoms with Gasteiger partial charge in [0.2, 0.25) is 0 Å². The van der Waals surface area contributed by atoms with Crippen molar-refractivity contribution in [2.24, 2.45) is 11.8 Å². The number of fused-ring (bicyclic) bond motifs is 2. The van der Waals surface area contributed by atoms with Crippen molar-refractivity contribution >= 4 is 22.7 Å². The lowest BCUT2D eigenvalue weighted by molar-refractivity contribution is -0.116. The second-order valence-electron chi connectivity index (χ2n) is 7.48. The SMILES string of the molecule is CC(=O)CCc1ccc2oc(C(=O)N3C[C@H]4CNC[C@H]4C3)c(C)c2c1. The maximum Gasteiger partial charge on any atom is 0.289 e. The molecule has 3 heterocycles. The van der Waals surface area contributed by atoms with Crippen LogP contribution in [-0.2, 0) is 11.2 Å². The standard InChI is InChI=1S/C20H24N2O3/c1-12(23)3-4-14-5-6-18-17(7-14)13(2)19(25-18)20(24)22-10-15-8-21-9-16(15)11-22/h5-7,15-16,21H,3-4,8-11H2,1-2H3/t15-,16+. The van der Waals surface area contributed by atoms with Gasteiger partial charge in [0.15, 0.2) is 5.76 Å². The van der Waals surface area contributed by atoms with Gasteiger partial charge in [-0.1, -0.05) is 6.07 Å². The minimum atomic E-state index is 0.00776. The number of rotatable bonds is 4. The molecule has 1 N–H and O–H groups in total. The highest BCUT2D eigenvalue weighted by Gasteiger charge is 2.39. The van der Waals surface area contributed by atoms with Gasteiger partial charge in [0.25, 0.3) is 5.91 Å². The number of likely N-dealkylation sites (tertiary alicyclic amines) is 1. The molecule has 2 fully saturated rings. The molecule has 1 aromatic carbocycles. The monoisotopic (exact) mass is 340 g/mol. The van der Waals surface area contributed by atoms with Crippen molar-refractivity contribution in [1.82, 2.24) is 10.2 Å². The molecule has 25 heavy (non-hydrogen) atoms. The second-order valence-corrected chi connectivity index (χ2v) is 7.48. The Hall–Kier alpha value is -2.14. The number of nitrogens with one attached hydrogen (secondary N) is 1. The Morgan fingerprint density at radius 3 is 2.64 bits per heavy atom. The largest absolute Gasteiger partial charge is 0.451 e. The number of furan rings is 1. The summed E-state index contributed by atoms with van der Waals surface area (Å²) in [6.07, 6.45) is 1.26. The third-order valence-electron chi connectivity index (χ3n) is 5.64. The van der Waals surface area contributed by atoms with Crippen molar-refractivity contribution < 1.29 is 14.0 Å². The minimum absolute atomic E-state index is 0.00776. The molecular weight excluding hydrogens is 316 g/mol. The predicted molar refractivity (Wildman–Crippen MR) is 95.7 cm³/mol. The van der Waals surface area contributed by atoms with Gasteiger partial charge in [-0.15, -0.1) is 0 Å². The highest BCUT2D eigenvalue weighted by atomic mass is 16.3. The number of nitrogens with zero attached hydrogens (tertiary/aromatic N) is 1. The van der Waals surface area contributed by atoms with Gasteiger partial charge in [-0.05, 0) is 49.8 Å². The Bertz CT molecular complexity index is 827. The highest BCUT2D eigenvalue weighted by Crippen LogP contribution is 2.31. The fourth-order valence-corrected chi connectivity index (χ4v) is 4.11. The van der Waals surface area contributed by atoms with E-state index < -0.39 is 0 Å². The lowest BCUT2D eigenvalue weighted by Crippen LogP contribution is -2.31. The van der Waals surface area contributed by atoms with Crippen LogP contribution in [0.4, 0.5) is 0 Å². The molecule has 2 saturated heterocycles. The van der Waals surface area contributed by atoms with Crippen LogP contribution in [0.5, 0.6) is 0 Å². The van der Waals surface area contributed by atoms with Crippen molar-refractivity contribution in [2.75, 3.05) is 26.2 Å². The molecule has 0 bridgehead atoms. The van der Waals surface area contributed by atoms with Crippen molar-refractivity contribution in [3.8, 4) is 0 Å². The Morgan fingerprint density at radius 2 is 1.96 bits per heavy atom. The molecule has 4 rings (SSSR count). The quantitative estimate of drug-likeness (QED) is 0.929. The highest BCUT2D eigenvalue weighted by molar-refractivity contribution is 5.99. The first kappa shape index (κ1) is 16.3. The van der Waals surface area contributed by atoms with E-state index in [1.807, 2.05) is 24.0 Å². The zero-order valence-corrected chi connectivity index (χ0v) is 14.8. The fourth-order valence-electron chi connectivity index (χ4n) is 4.11. The van der Waals surface area contributed by atoms with Gasteiger partial charge in [0.1, 0.15) is 11.4 Å². The zero-order valence-electron chi connectivity index (χ0n) is 14.8. The summed E-state index contributed by atoms with van der Waals surface area (Å²) in [5.41, 5.74) is 2.75. The van der Waals surface area contributed by atoms with E-state index in [4.69, 9.17) is 4.42 Å². The third kappa shape index (κ3) is 2.97. The Kier molecular flexibility index (Phi) is 4.12. The lowest BCUT2D eigenvalue weighted by atomic mass is 10.0. The summed E-state index contributed by atoms with van der Waals surface area (Å²) in [4.78, 5) is 26.1. The number of benzene rings is 1. The maximum absolute atomic E-state index is 12.9. The first-order valence-electron chi connectivity index (χ1n) is 9.04. The molecule has 2 atom stereocenters. The third-order valence-corrected chi connectivity index (χ3v) is 5.64. The normalized spacial score (nSPS) is 22.6. The number of hydrogen-bond acceptors (Lipinski definition) is 4. The molecule has 0 saturated carbocycles. The fraction of sp³-hybridized carbons (Fsp3) is 0.500. The van der Waals surface area contributed by atoms with Gasteiger partial charge in [-0.2, -0.15) is 0 Å². The Morgan fingerprint density at radius 1 is 1.24 bits per heavy atom. The predicted octanol–water partition coefficient (Wildman–Crippen LogP) is 2.55. The molecule has 0 unspecified atom stereocenters.